The number of nitrogens with two attached hydrogens (primary N) is 1. The molecule has 2 rings (SSSR count). The molecule has 0 amide bonds. The summed E-state index contributed by atoms with van der Waals surface area (Å²) in [6.07, 6.45) is 4.10. The number of hydrogen-bond donors (Lipinski definition) is 1. The van der Waals surface area contributed by atoms with Crippen LogP contribution in [0.3, 0.4) is 0 Å². The van der Waals surface area contributed by atoms with Gasteiger partial charge in [-0.3, -0.25) is 0 Å². The molecule has 1 atom stereocenters. The van der Waals surface area contributed by atoms with Crippen molar-refractivity contribution in [3.05, 3.63) is 36.1 Å². The number of carbonyl (C=O) groups is 1. The van der Waals surface area contributed by atoms with Gasteiger partial charge in [-0.15, -0.1) is 0 Å². The van der Waals surface area contributed by atoms with E-state index in [1.54, 1.807) is 24.3 Å². The number of hydrogen-bond acceptors (Lipinski definition) is 3. The molecule has 0 aromatic heterocycles. The lowest BCUT2D eigenvalue weighted by atomic mass is 9.98. The lowest BCUT2D eigenvalue weighted by Crippen LogP contribution is -2.05. The van der Waals surface area contributed by atoms with Crippen LogP contribution in [0.4, 0.5) is 5.69 Å². The first-order valence-electron chi connectivity index (χ1n) is 3.99. The summed E-state index contributed by atoms with van der Waals surface area (Å²) in [5, 5.41) is 0. The SMILES string of the molecule is Nc1ccc2c(c1)C(C=O)C=CO2. The van der Waals surface area contributed by atoms with E-state index in [1.165, 1.54) is 6.26 Å². The van der Waals surface area contributed by atoms with Crippen LogP contribution >= 0.6 is 0 Å². The van der Waals surface area contributed by atoms with Crippen molar-refractivity contribution in [3.63, 3.8) is 0 Å². The predicted molar refractivity (Wildman–Crippen MR) is 49.4 cm³/mol. The summed E-state index contributed by atoms with van der Waals surface area (Å²) < 4.78 is 5.22. The summed E-state index contributed by atoms with van der Waals surface area (Å²) >= 11 is 0. The Hall–Kier alpha value is -1.77. The quantitative estimate of drug-likeness (QED) is 0.519. The van der Waals surface area contributed by atoms with E-state index in [-0.39, 0.29) is 5.92 Å². The molecular weight excluding hydrogens is 166 g/mol. The fourth-order valence-corrected chi connectivity index (χ4v) is 1.35. The largest absolute Gasteiger partial charge is 0.465 e. The maximum atomic E-state index is 10.7. The van der Waals surface area contributed by atoms with Gasteiger partial charge in [0.1, 0.15) is 12.0 Å². The number of carbonyl (C=O) groups excluding carboxylic acids is 1. The van der Waals surface area contributed by atoms with Gasteiger partial charge in [-0.2, -0.15) is 0 Å². The number of rotatable bonds is 1. The molecule has 2 N–H and O–H groups in total. The number of benzene rings is 1. The first-order chi connectivity index (χ1) is 6.31. The zero-order valence-electron chi connectivity index (χ0n) is 6.94. The number of allylic oxidation sites excluding steroid dienone is 1. The average Bonchev–Trinajstić information content (AvgIpc) is 2.17. The van der Waals surface area contributed by atoms with Gasteiger partial charge < -0.3 is 15.3 Å². The molecule has 13 heavy (non-hydrogen) atoms. The van der Waals surface area contributed by atoms with Crippen molar-refractivity contribution in [2.45, 2.75) is 5.92 Å². The molecule has 0 saturated carbocycles. The second-order valence-corrected chi connectivity index (χ2v) is 2.91. The highest BCUT2D eigenvalue weighted by molar-refractivity contribution is 5.70. The fourth-order valence-electron chi connectivity index (χ4n) is 1.35. The molecule has 1 aromatic carbocycles. The highest BCUT2D eigenvalue weighted by Gasteiger charge is 2.16. The van der Waals surface area contributed by atoms with E-state index in [1.807, 2.05) is 0 Å². The van der Waals surface area contributed by atoms with Gasteiger partial charge in [0.25, 0.3) is 0 Å². The molecule has 1 aliphatic heterocycles. The first kappa shape index (κ1) is 7.86. The van der Waals surface area contributed by atoms with Crippen molar-refractivity contribution in [3.8, 4) is 5.75 Å². The Balaban J connectivity index is 2.52. The maximum Gasteiger partial charge on any atom is 0.131 e. The van der Waals surface area contributed by atoms with Crippen molar-refractivity contribution in [2.75, 3.05) is 5.73 Å². The number of aldehydes is 1. The van der Waals surface area contributed by atoms with Crippen LogP contribution in [0.25, 0.3) is 0 Å². The van der Waals surface area contributed by atoms with Crippen molar-refractivity contribution in [2.24, 2.45) is 0 Å². The number of fused-ring (bicyclic) bond motifs is 1. The normalized spacial score (nSPS) is 18.9. The topological polar surface area (TPSA) is 52.3 Å². The van der Waals surface area contributed by atoms with Crippen molar-refractivity contribution in [1.82, 2.24) is 0 Å². The second kappa shape index (κ2) is 2.94. The van der Waals surface area contributed by atoms with Crippen LogP contribution in [0, 0.1) is 0 Å². The van der Waals surface area contributed by atoms with E-state index in [4.69, 9.17) is 10.5 Å². The number of nitrogen functional groups attached to an aromatic ring is 1. The Kier molecular flexibility index (Phi) is 1.77. The monoisotopic (exact) mass is 175 g/mol. The third-order valence-electron chi connectivity index (χ3n) is 2.02. The summed E-state index contributed by atoms with van der Waals surface area (Å²) in [7, 11) is 0. The number of ether oxygens (including phenoxy) is 1. The fraction of sp³-hybridized carbons (Fsp3) is 0.100. The van der Waals surface area contributed by atoms with Gasteiger partial charge in [0.05, 0.1) is 12.2 Å². The molecule has 0 fully saturated rings. The summed E-state index contributed by atoms with van der Waals surface area (Å²) in [5.74, 6) is 0.473. The van der Waals surface area contributed by atoms with Crippen molar-refractivity contribution < 1.29 is 9.53 Å². The Morgan fingerprint density at radius 3 is 3.08 bits per heavy atom. The maximum absolute atomic E-state index is 10.7. The lowest BCUT2D eigenvalue weighted by Gasteiger charge is -2.16. The van der Waals surface area contributed by atoms with Crippen LogP contribution in [0.1, 0.15) is 11.5 Å². The van der Waals surface area contributed by atoms with Crippen LogP contribution in [-0.2, 0) is 4.79 Å². The molecule has 1 heterocycles. The van der Waals surface area contributed by atoms with Crippen LogP contribution in [0.5, 0.6) is 5.75 Å². The lowest BCUT2D eigenvalue weighted by molar-refractivity contribution is -0.108. The van der Waals surface area contributed by atoms with Crippen LogP contribution in [0.15, 0.2) is 30.5 Å². The van der Waals surface area contributed by atoms with Gasteiger partial charge in [0, 0.05) is 11.3 Å². The molecule has 3 heteroatoms. The van der Waals surface area contributed by atoms with Gasteiger partial charge in [-0.25, -0.2) is 0 Å². The molecule has 1 aromatic rings. The third kappa shape index (κ3) is 1.28. The molecule has 0 spiro atoms. The van der Waals surface area contributed by atoms with E-state index in [2.05, 4.69) is 0 Å². The Morgan fingerprint density at radius 2 is 2.31 bits per heavy atom. The minimum absolute atomic E-state index is 0.229. The highest BCUT2D eigenvalue weighted by atomic mass is 16.5. The molecule has 1 aliphatic rings. The zero-order chi connectivity index (χ0) is 9.26. The second-order valence-electron chi connectivity index (χ2n) is 2.91. The van der Waals surface area contributed by atoms with E-state index < -0.39 is 0 Å². The summed E-state index contributed by atoms with van der Waals surface area (Å²) in [5.41, 5.74) is 7.08. The van der Waals surface area contributed by atoms with Crippen LogP contribution in [0.2, 0.25) is 0 Å². The van der Waals surface area contributed by atoms with Gasteiger partial charge in [-0.05, 0) is 24.3 Å². The molecule has 0 radical (unpaired) electrons. The minimum Gasteiger partial charge on any atom is -0.465 e. The van der Waals surface area contributed by atoms with Gasteiger partial charge in [0.2, 0.25) is 0 Å². The standard InChI is InChI=1S/C10H9NO2/c11-8-1-2-10-9(5-8)7(6-12)3-4-13-10/h1-7H,11H2. The third-order valence-corrected chi connectivity index (χ3v) is 2.02. The van der Waals surface area contributed by atoms with E-state index >= 15 is 0 Å². The molecule has 1 unspecified atom stereocenters. The molecule has 3 nitrogen and oxygen atoms in total. The molecule has 0 aliphatic carbocycles. The van der Waals surface area contributed by atoms with E-state index in [9.17, 15) is 4.79 Å². The average molecular weight is 175 g/mol. The van der Waals surface area contributed by atoms with Crippen molar-refractivity contribution in [1.29, 1.82) is 0 Å². The van der Waals surface area contributed by atoms with Crippen LogP contribution in [-0.4, -0.2) is 6.29 Å². The van der Waals surface area contributed by atoms with Gasteiger partial charge in [-0.1, -0.05) is 0 Å². The summed E-state index contributed by atoms with van der Waals surface area (Å²) in [6.45, 7) is 0. The number of anilines is 1. The molecule has 66 valence electrons. The van der Waals surface area contributed by atoms with E-state index in [0.29, 0.717) is 11.4 Å². The minimum atomic E-state index is -0.229. The van der Waals surface area contributed by atoms with Crippen LogP contribution < -0.4 is 10.5 Å². The highest BCUT2D eigenvalue weighted by Crippen LogP contribution is 2.31. The Labute approximate surface area is 75.8 Å². The zero-order valence-corrected chi connectivity index (χ0v) is 6.94. The summed E-state index contributed by atoms with van der Waals surface area (Å²) in [6, 6.07) is 5.28. The van der Waals surface area contributed by atoms with Gasteiger partial charge >= 0.3 is 0 Å². The van der Waals surface area contributed by atoms with Crippen molar-refractivity contribution >= 4 is 12.0 Å². The van der Waals surface area contributed by atoms with E-state index in [0.717, 1.165) is 11.8 Å². The molecule has 0 bridgehead atoms. The Morgan fingerprint density at radius 1 is 1.46 bits per heavy atom. The smallest absolute Gasteiger partial charge is 0.131 e. The molecule has 0 saturated heterocycles. The Bertz CT molecular complexity index is 371. The van der Waals surface area contributed by atoms with Gasteiger partial charge in [0.15, 0.2) is 0 Å². The predicted octanol–water partition coefficient (Wildman–Crippen LogP) is 1.46. The summed E-state index contributed by atoms with van der Waals surface area (Å²) in [4.78, 5) is 10.7. The first-order valence-corrected chi connectivity index (χ1v) is 3.99. The molecular formula is C10H9NO2.